The molecule has 1 N–H and O–H groups in total. The first-order valence-corrected chi connectivity index (χ1v) is 5.82. The third-order valence-corrected chi connectivity index (χ3v) is 2.17. The Kier molecular flexibility index (Phi) is 5.08. The Morgan fingerprint density at radius 2 is 1.76 bits per heavy atom. The van der Waals surface area contributed by atoms with Gasteiger partial charge in [-0.15, -0.1) is 0 Å². The number of aryl methyl sites for hydroxylation is 1. The van der Waals surface area contributed by atoms with Crippen LogP contribution >= 0.6 is 0 Å². The molecular formula is C15H19NO. The summed E-state index contributed by atoms with van der Waals surface area (Å²) >= 11 is 0. The number of benzene rings is 1. The van der Waals surface area contributed by atoms with Gasteiger partial charge in [-0.05, 0) is 31.2 Å². The molecule has 2 nitrogen and oxygen atoms in total. The average molecular weight is 229 g/mol. The second kappa shape index (κ2) is 6.59. The summed E-state index contributed by atoms with van der Waals surface area (Å²) in [6.45, 7) is 9.97. The van der Waals surface area contributed by atoms with E-state index >= 15 is 0 Å². The topological polar surface area (TPSA) is 25.2 Å². The summed E-state index contributed by atoms with van der Waals surface area (Å²) < 4.78 is 5.23. The first-order chi connectivity index (χ1) is 8.25. The molecule has 2 heteroatoms. The normalized spacial score (nSPS) is 9.12. The lowest BCUT2D eigenvalue weighted by molar-refractivity contribution is 0.553. The van der Waals surface area contributed by atoms with Crippen LogP contribution in [0.15, 0.2) is 53.7 Å². The van der Waals surface area contributed by atoms with E-state index in [1.54, 1.807) is 6.26 Å². The molecule has 0 radical (unpaired) electrons. The summed E-state index contributed by atoms with van der Waals surface area (Å²) in [4.78, 5) is 0. The molecule has 0 fully saturated rings. The summed E-state index contributed by atoms with van der Waals surface area (Å²) in [5, 5.41) is 3.18. The Labute approximate surface area is 103 Å². The van der Waals surface area contributed by atoms with Crippen molar-refractivity contribution in [2.24, 2.45) is 0 Å². The summed E-state index contributed by atoms with van der Waals surface area (Å²) in [6.07, 6.45) is 1.64. The van der Waals surface area contributed by atoms with Crippen molar-refractivity contribution in [2.45, 2.75) is 20.8 Å². The van der Waals surface area contributed by atoms with Crippen LogP contribution in [0.25, 0.3) is 5.70 Å². The van der Waals surface area contributed by atoms with E-state index < -0.39 is 0 Å². The zero-order valence-electron chi connectivity index (χ0n) is 10.7. The minimum atomic E-state index is 0.760. The first kappa shape index (κ1) is 13.1. The molecule has 17 heavy (non-hydrogen) atoms. The molecule has 0 unspecified atom stereocenters. The number of anilines is 1. The maximum Gasteiger partial charge on any atom is 0.149 e. The highest BCUT2D eigenvalue weighted by atomic mass is 16.3. The fourth-order valence-electron chi connectivity index (χ4n) is 1.32. The van der Waals surface area contributed by atoms with Crippen molar-refractivity contribution in [3.63, 3.8) is 0 Å². The van der Waals surface area contributed by atoms with E-state index in [0.717, 1.165) is 17.1 Å². The Bertz CT molecular complexity index is 440. The Morgan fingerprint density at radius 3 is 2.29 bits per heavy atom. The Balaban J connectivity index is 0.000000686. The van der Waals surface area contributed by atoms with Crippen molar-refractivity contribution in [2.75, 3.05) is 5.32 Å². The fourth-order valence-corrected chi connectivity index (χ4v) is 1.32. The minimum Gasteiger partial charge on any atom is -0.463 e. The van der Waals surface area contributed by atoms with Gasteiger partial charge in [0.05, 0.1) is 12.0 Å². The number of rotatable bonds is 3. The van der Waals surface area contributed by atoms with Gasteiger partial charge in [-0.1, -0.05) is 38.1 Å². The molecule has 2 rings (SSSR count). The highest BCUT2D eigenvalue weighted by Gasteiger charge is 2.01. The molecule has 1 aromatic heterocycles. The SMILES string of the molecule is C=C(Nc1ccc(C)cc1)c1ccco1.CC. The fraction of sp³-hybridized carbons (Fsp3) is 0.200. The van der Waals surface area contributed by atoms with Crippen LogP contribution in [0.2, 0.25) is 0 Å². The third kappa shape index (κ3) is 3.83. The van der Waals surface area contributed by atoms with E-state index in [4.69, 9.17) is 4.42 Å². The van der Waals surface area contributed by atoms with E-state index in [0.29, 0.717) is 0 Å². The summed E-state index contributed by atoms with van der Waals surface area (Å²) in [5.74, 6) is 0.760. The van der Waals surface area contributed by atoms with Gasteiger partial charge in [-0.3, -0.25) is 0 Å². The predicted molar refractivity (Wildman–Crippen MR) is 73.9 cm³/mol. The minimum absolute atomic E-state index is 0.760. The van der Waals surface area contributed by atoms with Crippen LogP contribution in [0, 0.1) is 6.92 Å². The lowest BCUT2D eigenvalue weighted by Gasteiger charge is -2.07. The quantitative estimate of drug-likeness (QED) is 0.825. The highest BCUT2D eigenvalue weighted by molar-refractivity contribution is 5.72. The van der Waals surface area contributed by atoms with Gasteiger partial charge >= 0.3 is 0 Å². The molecular weight excluding hydrogens is 210 g/mol. The standard InChI is InChI=1S/C13H13NO.C2H6/c1-10-5-7-12(8-6-10)14-11(2)13-4-3-9-15-13;1-2/h3-9,14H,2H2,1H3;1-2H3. The second-order valence-electron chi connectivity index (χ2n) is 3.45. The van der Waals surface area contributed by atoms with Crippen molar-refractivity contribution in [3.8, 4) is 0 Å². The highest BCUT2D eigenvalue weighted by Crippen LogP contribution is 2.17. The maximum absolute atomic E-state index is 5.23. The van der Waals surface area contributed by atoms with E-state index in [1.165, 1.54) is 5.56 Å². The monoisotopic (exact) mass is 229 g/mol. The number of hydrogen-bond acceptors (Lipinski definition) is 2. The smallest absolute Gasteiger partial charge is 0.149 e. The van der Waals surface area contributed by atoms with Gasteiger partial charge in [0.1, 0.15) is 5.76 Å². The van der Waals surface area contributed by atoms with Gasteiger partial charge < -0.3 is 9.73 Å². The largest absolute Gasteiger partial charge is 0.463 e. The van der Waals surface area contributed by atoms with Crippen molar-refractivity contribution in [1.82, 2.24) is 0 Å². The van der Waals surface area contributed by atoms with Crippen LogP contribution in [0.4, 0.5) is 5.69 Å². The molecule has 0 spiro atoms. The van der Waals surface area contributed by atoms with Crippen LogP contribution < -0.4 is 5.32 Å². The van der Waals surface area contributed by atoms with E-state index in [1.807, 2.05) is 38.1 Å². The molecule has 0 amide bonds. The van der Waals surface area contributed by atoms with Gasteiger partial charge in [0, 0.05) is 5.69 Å². The van der Waals surface area contributed by atoms with Crippen molar-refractivity contribution < 1.29 is 4.42 Å². The van der Waals surface area contributed by atoms with E-state index in [-0.39, 0.29) is 0 Å². The number of furan rings is 1. The van der Waals surface area contributed by atoms with E-state index in [2.05, 4.69) is 31.0 Å². The molecule has 0 bridgehead atoms. The molecule has 0 saturated heterocycles. The Morgan fingerprint density at radius 1 is 1.12 bits per heavy atom. The molecule has 90 valence electrons. The van der Waals surface area contributed by atoms with Gasteiger partial charge in [0.15, 0.2) is 0 Å². The lowest BCUT2D eigenvalue weighted by atomic mass is 10.2. The lowest BCUT2D eigenvalue weighted by Crippen LogP contribution is -1.95. The van der Waals surface area contributed by atoms with Crippen molar-refractivity contribution in [1.29, 1.82) is 0 Å². The maximum atomic E-state index is 5.23. The molecule has 0 aliphatic rings. The molecule has 0 aliphatic carbocycles. The zero-order valence-corrected chi connectivity index (χ0v) is 10.7. The average Bonchev–Trinajstić information content (AvgIpc) is 2.88. The third-order valence-electron chi connectivity index (χ3n) is 2.17. The molecule has 1 aromatic carbocycles. The van der Waals surface area contributed by atoms with Crippen LogP contribution in [0.1, 0.15) is 25.2 Å². The molecule has 0 aliphatic heterocycles. The van der Waals surface area contributed by atoms with Crippen molar-refractivity contribution in [3.05, 3.63) is 60.6 Å². The van der Waals surface area contributed by atoms with Crippen LogP contribution in [-0.4, -0.2) is 0 Å². The number of nitrogens with one attached hydrogen (secondary N) is 1. The molecule has 0 atom stereocenters. The van der Waals surface area contributed by atoms with E-state index in [9.17, 15) is 0 Å². The van der Waals surface area contributed by atoms with Crippen molar-refractivity contribution >= 4 is 11.4 Å². The van der Waals surface area contributed by atoms with Crippen LogP contribution in [0.3, 0.4) is 0 Å². The molecule has 2 aromatic rings. The summed E-state index contributed by atoms with van der Waals surface area (Å²) in [6, 6.07) is 11.9. The Hall–Kier alpha value is -1.96. The zero-order chi connectivity index (χ0) is 12.7. The number of hydrogen-bond donors (Lipinski definition) is 1. The first-order valence-electron chi connectivity index (χ1n) is 5.82. The van der Waals surface area contributed by atoms with Gasteiger partial charge in [-0.2, -0.15) is 0 Å². The van der Waals surface area contributed by atoms with Crippen LogP contribution in [-0.2, 0) is 0 Å². The molecule has 0 saturated carbocycles. The molecule has 1 heterocycles. The van der Waals surface area contributed by atoms with Gasteiger partial charge in [0.2, 0.25) is 0 Å². The predicted octanol–water partition coefficient (Wildman–Crippen LogP) is 4.70. The second-order valence-corrected chi connectivity index (χ2v) is 3.45. The van der Waals surface area contributed by atoms with Gasteiger partial charge in [-0.25, -0.2) is 0 Å². The van der Waals surface area contributed by atoms with Crippen LogP contribution in [0.5, 0.6) is 0 Å². The summed E-state index contributed by atoms with van der Waals surface area (Å²) in [5.41, 5.74) is 3.02. The summed E-state index contributed by atoms with van der Waals surface area (Å²) in [7, 11) is 0. The van der Waals surface area contributed by atoms with Gasteiger partial charge in [0.25, 0.3) is 0 Å².